The van der Waals surface area contributed by atoms with Gasteiger partial charge < -0.3 is 19.3 Å². The second-order valence-corrected chi connectivity index (χ2v) is 12.2. The Morgan fingerprint density at radius 1 is 1.07 bits per heavy atom. The number of anilines is 1. The maximum absolute atomic E-state index is 13.5. The van der Waals surface area contributed by atoms with Gasteiger partial charge in [-0.15, -0.1) is 0 Å². The molecule has 0 bridgehead atoms. The molecule has 9 heteroatoms. The van der Waals surface area contributed by atoms with Crippen LogP contribution in [0.2, 0.25) is 0 Å². The third kappa shape index (κ3) is 4.82. The normalized spacial score (nSPS) is 21.8. The molecule has 1 aromatic heterocycles. The lowest BCUT2D eigenvalue weighted by molar-refractivity contribution is -0.128. The van der Waals surface area contributed by atoms with E-state index in [2.05, 4.69) is 59.7 Å². The van der Waals surface area contributed by atoms with E-state index in [0.717, 1.165) is 43.0 Å². The molecule has 0 aliphatic carbocycles. The Morgan fingerprint density at radius 3 is 2.55 bits per heavy atom. The van der Waals surface area contributed by atoms with Crippen molar-refractivity contribution in [3.63, 3.8) is 0 Å². The Labute approximate surface area is 246 Å². The number of hydrogen-bond acceptors (Lipinski definition) is 7. The van der Waals surface area contributed by atoms with Crippen LogP contribution in [0, 0.1) is 6.92 Å². The molecule has 4 aliphatic heterocycles. The van der Waals surface area contributed by atoms with Gasteiger partial charge in [0.05, 0.1) is 23.9 Å². The van der Waals surface area contributed by atoms with Crippen molar-refractivity contribution >= 4 is 22.5 Å². The van der Waals surface area contributed by atoms with Crippen LogP contribution in [0.15, 0.2) is 48.8 Å². The highest BCUT2D eigenvalue weighted by Gasteiger charge is 2.45. The minimum absolute atomic E-state index is 0.0896. The van der Waals surface area contributed by atoms with E-state index in [1.807, 2.05) is 0 Å². The summed E-state index contributed by atoms with van der Waals surface area (Å²) >= 11 is 0. The lowest BCUT2D eigenvalue weighted by Gasteiger charge is -2.37. The standard InChI is InChI=1S/C33H38FN5O3/c1-22-7-3-8-24-9-4-10-25(29(22)24)28-19-27-26(20-41-28)30(37-15-17-38(18-16-37)31(40)23(2)34)36-32(35-27)42-21-33-11-5-13-39(33)14-6-12-33/h3-4,7-10,28H,2,5-6,11-21H2,1H3. The first-order valence-corrected chi connectivity index (χ1v) is 15.2. The summed E-state index contributed by atoms with van der Waals surface area (Å²) in [4.78, 5) is 28.4. The van der Waals surface area contributed by atoms with E-state index in [1.165, 1.54) is 39.6 Å². The largest absolute Gasteiger partial charge is 0.461 e. The van der Waals surface area contributed by atoms with Gasteiger partial charge >= 0.3 is 6.01 Å². The number of carbonyl (C=O) groups excluding carboxylic acids is 1. The van der Waals surface area contributed by atoms with Crippen LogP contribution in [-0.2, 0) is 22.6 Å². The average molecular weight is 572 g/mol. The number of aryl methyl sites for hydroxylation is 1. The van der Waals surface area contributed by atoms with Gasteiger partial charge in [0.2, 0.25) is 0 Å². The molecule has 1 unspecified atom stereocenters. The highest BCUT2D eigenvalue weighted by atomic mass is 19.1. The fourth-order valence-electron chi connectivity index (χ4n) is 7.54. The zero-order valence-electron chi connectivity index (χ0n) is 24.3. The van der Waals surface area contributed by atoms with Crippen LogP contribution in [0.25, 0.3) is 10.8 Å². The Hall–Kier alpha value is -3.56. The Balaban J connectivity index is 1.20. The molecule has 3 aromatic rings. The molecule has 1 amide bonds. The Morgan fingerprint density at radius 2 is 1.81 bits per heavy atom. The predicted octanol–water partition coefficient (Wildman–Crippen LogP) is 4.89. The lowest BCUT2D eigenvalue weighted by Crippen LogP contribution is -2.49. The second-order valence-electron chi connectivity index (χ2n) is 12.2. The number of hydrogen-bond donors (Lipinski definition) is 0. The second kappa shape index (κ2) is 10.9. The molecule has 4 aliphatic rings. The van der Waals surface area contributed by atoms with Gasteiger partial charge in [-0.2, -0.15) is 9.97 Å². The van der Waals surface area contributed by atoms with Crippen LogP contribution in [0.3, 0.4) is 0 Å². The van der Waals surface area contributed by atoms with Gasteiger partial charge in [-0.25, -0.2) is 4.39 Å². The highest BCUT2D eigenvalue weighted by Crippen LogP contribution is 2.41. The summed E-state index contributed by atoms with van der Waals surface area (Å²) in [5.74, 6) is -0.772. The molecule has 7 rings (SSSR count). The molecular weight excluding hydrogens is 533 g/mol. The van der Waals surface area contributed by atoms with Crippen molar-refractivity contribution in [2.24, 2.45) is 0 Å². The van der Waals surface area contributed by atoms with E-state index >= 15 is 0 Å². The molecule has 8 nitrogen and oxygen atoms in total. The number of nitrogens with zero attached hydrogens (tertiary/aromatic N) is 5. The number of piperazine rings is 1. The molecule has 0 spiro atoms. The van der Waals surface area contributed by atoms with Crippen molar-refractivity contribution in [2.75, 3.05) is 50.8 Å². The number of amides is 1. The van der Waals surface area contributed by atoms with Gasteiger partial charge in [0.15, 0.2) is 5.83 Å². The van der Waals surface area contributed by atoms with Crippen LogP contribution in [-0.4, -0.2) is 77.1 Å². The molecule has 1 atom stereocenters. The molecular formula is C33H38FN5O3. The number of aromatic nitrogens is 2. The van der Waals surface area contributed by atoms with Gasteiger partial charge in [0.1, 0.15) is 12.4 Å². The van der Waals surface area contributed by atoms with Crippen LogP contribution < -0.4 is 9.64 Å². The molecule has 5 heterocycles. The summed E-state index contributed by atoms with van der Waals surface area (Å²) in [6, 6.07) is 13.2. The Bertz CT molecular complexity index is 1520. The third-order valence-corrected chi connectivity index (χ3v) is 9.73. The first kappa shape index (κ1) is 27.3. The topological polar surface area (TPSA) is 71.0 Å². The van der Waals surface area contributed by atoms with E-state index in [1.54, 1.807) is 0 Å². The van der Waals surface area contributed by atoms with E-state index in [-0.39, 0.29) is 11.6 Å². The highest BCUT2D eigenvalue weighted by molar-refractivity contribution is 5.91. The van der Waals surface area contributed by atoms with Gasteiger partial charge in [-0.3, -0.25) is 9.69 Å². The molecule has 0 N–H and O–H groups in total. The number of fused-ring (bicyclic) bond motifs is 3. The maximum atomic E-state index is 13.5. The number of carbonyl (C=O) groups is 1. The van der Waals surface area contributed by atoms with Crippen molar-refractivity contribution in [3.05, 3.63) is 71.2 Å². The maximum Gasteiger partial charge on any atom is 0.318 e. The summed E-state index contributed by atoms with van der Waals surface area (Å²) in [6.07, 6.45) is 5.19. The molecule has 220 valence electrons. The van der Waals surface area contributed by atoms with Crippen molar-refractivity contribution in [1.29, 1.82) is 0 Å². The van der Waals surface area contributed by atoms with Gasteiger partial charge in [-0.1, -0.05) is 43.0 Å². The minimum Gasteiger partial charge on any atom is -0.461 e. The summed E-state index contributed by atoms with van der Waals surface area (Å²) in [5, 5.41) is 2.44. The molecule has 3 fully saturated rings. The zero-order chi connectivity index (χ0) is 28.8. The molecule has 2 aromatic carbocycles. The summed E-state index contributed by atoms with van der Waals surface area (Å²) in [7, 11) is 0. The quantitative estimate of drug-likeness (QED) is 0.390. The number of benzene rings is 2. The van der Waals surface area contributed by atoms with Crippen LogP contribution in [0.1, 0.15) is 54.2 Å². The van der Waals surface area contributed by atoms with Crippen molar-refractivity contribution in [3.8, 4) is 6.01 Å². The fraction of sp³-hybridized carbons (Fsp3) is 0.485. The summed E-state index contributed by atoms with van der Waals surface area (Å²) in [6.45, 7) is 10.4. The smallest absolute Gasteiger partial charge is 0.318 e. The van der Waals surface area contributed by atoms with Crippen LogP contribution in [0.4, 0.5) is 10.2 Å². The molecule has 3 saturated heterocycles. The van der Waals surface area contributed by atoms with Gasteiger partial charge in [0, 0.05) is 38.2 Å². The van der Waals surface area contributed by atoms with Crippen LogP contribution in [0.5, 0.6) is 6.01 Å². The summed E-state index contributed by atoms with van der Waals surface area (Å²) < 4.78 is 26.5. The van der Waals surface area contributed by atoms with E-state index < -0.39 is 11.7 Å². The van der Waals surface area contributed by atoms with E-state index in [0.29, 0.717) is 51.8 Å². The zero-order valence-corrected chi connectivity index (χ0v) is 24.3. The van der Waals surface area contributed by atoms with Crippen molar-refractivity contribution in [2.45, 2.75) is 57.3 Å². The predicted molar refractivity (Wildman–Crippen MR) is 159 cm³/mol. The number of ether oxygens (including phenoxy) is 2. The van der Waals surface area contributed by atoms with E-state index in [9.17, 15) is 9.18 Å². The fourth-order valence-corrected chi connectivity index (χ4v) is 7.54. The SMILES string of the molecule is C=C(F)C(=O)N1CCN(c2nc(OCC34CCCN3CCC4)nc3c2COC(c2cccc4cccc(C)c24)C3)CC1. The number of halogens is 1. The van der Waals surface area contributed by atoms with Crippen molar-refractivity contribution in [1.82, 2.24) is 19.8 Å². The van der Waals surface area contributed by atoms with E-state index in [4.69, 9.17) is 19.4 Å². The average Bonchev–Trinajstić information content (AvgIpc) is 3.60. The lowest BCUT2D eigenvalue weighted by atomic mass is 9.92. The minimum atomic E-state index is -0.922. The summed E-state index contributed by atoms with van der Waals surface area (Å²) in [5.41, 5.74) is 4.40. The van der Waals surface area contributed by atoms with Crippen LogP contribution >= 0.6 is 0 Å². The first-order valence-electron chi connectivity index (χ1n) is 15.2. The third-order valence-electron chi connectivity index (χ3n) is 9.73. The monoisotopic (exact) mass is 571 g/mol. The van der Waals surface area contributed by atoms with Gasteiger partial charge in [-0.05, 0) is 67.6 Å². The molecule has 42 heavy (non-hydrogen) atoms. The first-order chi connectivity index (χ1) is 20.4. The van der Waals surface area contributed by atoms with Gasteiger partial charge in [0.25, 0.3) is 5.91 Å². The van der Waals surface area contributed by atoms with Crippen molar-refractivity contribution < 1.29 is 18.7 Å². The Kier molecular flexibility index (Phi) is 7.10. The molecule has 0 radical (unpaired) electrons. The number of rotatable bonds is 6. The molecule has 0 saturated carbocycles.